The van der Waals surface area contributed by atoms with Gasteiger partial charge in [0.2, 0.25) is 0 Å². The number of hydrogen-bond acceptors (Lipinski definition) is 2. The average molecular weight is 345 g/mol. The van der Waals surface area contributed by atoms with Gasteiger partial charge in [0.15, 0.2) is 0 Å². The van der Waals surface area contributed by atoms with Crippen molar-refractivity contribution in [3.63, 3.8) is 0 Å². The molecule has 0 radical (unpaired) electrons. The summed E-state index contributed by atoms with van der Waals surface area (Å²) < 4.78 is 19.4. The first-order valence-corrected chi connectivity index (χ1v) is 6.79. The Hall–Kier alpha value is -1.26. The summed E-state index contributed by atoms with van der Waals surface area (Å²) in [5, 5.41) is 3.58. The minimum atomic E-state index is -0.297. The van der Waals surface area contributed by atoms with E-state index in [2.05, 4.69) is 21.2 Å². The van der Waals surface area contributed by atoms with E-state index >= 15 is 0 Å². The van der Waals surface area contributed by atoms with Crippen molar-refractivity contribution in [2.45, 2.75) is 6.54 Å². The number of halogens is 3. The maximum atomic E-state index is 13.6. The standard InChI is InChI=1S/C14H12BrClFNO/c1-19-13-6-5-9(7-11(13)16)8-18-14-10(15)3-2-4-12(14)17/h2-7,18H,8H2,1H3. The van der Waals surface area contributed by atoms with Crippen LogP contribution in [-0.2, 0) is 6.54 Å². The quantitative estimate of drug-likeness (QED) is 0.855. The summed E-state index contributed by atoms with van der Waals surface area (Å²) in [5.41, 5.74) is 1.38. The van der Waals surface area contributed by atoms with Crippen LogP contribution in [0.15, 0.2) is 40.9 Å². The average Bonchev–Trinajstić information content (AvgIpc) is 2.38. The Bertz CT molecular complexity index is 571. The fourth-order valence-electron chi connectivity index (χ4n) is 1.68. The van der Waals surface area contributed by atoms with E-state index < -0.39 is 0 Å². The SMILES string of the molecule is COc1ccc(CNc2c(F)cccc2Br)cc1Cl. The Morgan fingerprint density at radius 2 is 2.11 bits per heavy atom. The molecule has 0 amide bonds. The molecule has 0 unspecified atom stereocenters. The van der Waals surface area contributed by atoms with Gasteiger partial charge >= 0.3 is 0 Å². The lowest BCUT2D eigenvalue weighted by Gasteiger charge is -2.11. The molecule has 1 N–H and O–H groups in total. The molecule has 0 fully saturated rings. The monoisotopic (exact) mass is 343 g/mol. The van der Waals surface area contributed by atoms with Crippen molar-refractivity contribution in [3.8, 4) is 5.75 Å². The molecule has 0 saturated carbocycles. The fraction of sp³-hybridized carbons (Fsp3) is 0.143. The van der Waals surface area contributed by atoms with Crippen LogP contribution in [0, 0.1) is 5.82 Å². The van der Waals surface area contributed by atoms with Gasteiger partial charge in [-0.1, -0.05) is 23.7 Å². The van der Waals surface area contributed by atoms with Crippen molar-refractivity contribution in [2.24, 2.45) is 0 Å². The van der Waals surface area contributed by atoms with Crippen molar-refractivity contribution in [1.82, 2.24) is 0 Å². The van der Waals surface area contributed by atoms with Crippen LogP contribution >= 0.6 is 27.5 Å². The third-order valence-electron chi connectivity index (χ3n) is 2.65. The number of nitrogens with one attached hydrogen (secondary N) is 1. The number of benzene rings is 2. The summed E-state index contributed by atoms with van der Waals surface area (Å²) in [6, 6.07) is 10.3. The van der Waals surface area contributed by atoms with Crippen molar-refractivity contribution in [1.29, 1.82) is 0 Å². The predicted octanol–water partition coefficient (Wildman–Crippen LogP) is 4.86. The molecular formula is C14H12BrClFNO. The highest BCUT2D eigenvalue weighted by Gasteiger charge is 2.07. The zero-order chi connectivity index (χ0) is 13.8. The maximum absolute atomic E-state index is 13.6. The zero-order valence-electron chi connectivity index (χ0n) is 10.2. The van der Waals surface area contributed by atoms with Crippen LogP contribution in [-0.4, -0.2) is 7.11 Å². The van der Waals surface area contributed by atoms with E-state index in [4.69, 9.17) is 16.3 Å². The molecule has 0 aromatic heterocycles. The Morgan fingerprint density at radius 3 is 2.74 bits per heavy atom. The summed E-state index contributed by atoms with van der Waals surface area (Å²) >= 11 is 9.35. The van der Waals surface area contributed by atoms with Gasteiger partial charge in [0.05, 0.1) is 17.8 Å². The van der Waals surface area contributed by atoms with Gasteiger partial charge in [-0.05, 0) is 45.8 Å². The molecular weight excluding hydrogens is 333 g/mol. The fourth-order valence-corrected chi connectivity index (χ4v) is 2.44. The molecule has 0 saturated heterocycles. The second kappa shape index (κ2) is 6.26. The third-order valence-corrected chi connectivity index (χ3v) is 3.60. The lowest BCUT2D eigenvalue weighted by molar-refractivity contribution is 0.415. The third kappa shape index (κ3) is 3.39. The molecule has 5 heteroatoms. The number of ether oxygens (including phenoxy) is 1. The first kappa shape index (κ1) is 14.2. The van der Waals surface area contributed by atoms with E-state index in [1.807, 2.05) is 6.07 Å². The molecule has 100 valence electrons. The first-order valence-electron chi connectivity index (χ1n) is 5.62. The van der Waals surface area contributed by atoms with Gasteiger partial charge in [-0.25, -0.2) is 4.39 Å². The number of methoxy groups -OCH3 is 1. The summed E-state index contributed by atoms with van der Waals surface area (Å²) in [7, 11) is 1.57. The lowest BCUT2D eigenvalue weighted by atomic mass is 10.2. The zero-order valence-corrected chi connectivity index (χ0v) is 12.6. The molecule has 2 aromatic carbocycles. The van der Waals surface area contributed by atoms with E-state index in [1.165, 1.54) is 6.07 Å². The second-order valence-corrected chi connectivity index (χ2v) is 5.18. The Kier molecular flexibility index (Phi) is 4.66. The highest BCUT2D eigenvalue weighted by molar-refractivity contribution is 9.10. The number of hydrogen-bond donors (Lipinski definition) is 1. The van der Waals surface area contributed by atoms with Gasteiger partial charge in [-0.15, -0.1) is 0 Å². The molecule has 0 aliphatic carbocycles. The van der Waals surface area contributed by atoms with E-state index in [1.54, 1.807) is 31.4 Å². The van der Waals surface area contributed by atoms with Gasteiger partial charge in [0.25, 0.3) is 0 Å². The summed E-state index contributed by atoms with van der Waals surface area (Å²) in [5.74, 6) is 0.325. The molecule has 0 bridgehead atoms. The van der Waals surface area contributed by atoms with Crippen LogP contribution in [0.4, 0.5) is 10.1 Å². The summed E-state index contributed by atoms with van der Waals surface area (Å²) in [4.78, 5) is 0. The minimum absolute atomic E-state index is 0.297. The molecule has 2 rings (SSSR count). The topological polar surface area (TPSA) is 21.3 Å². The van der Waals surface area contributed by atoms with Gasteiger partial charge < -0.3 is 10.1 Å². The Labute approximate surface area is 124 Å². The van der Waals surface area contributed by atoms with Crippen LogP contribution in [0.2, 0.25) is 5.02 Å². The van der Waals surface area contributed by atoms with Crippen LogP contribution in [0.3, 0.4) is 0 Å². The van der Waals surface area contributed by atoms with Gasteiger partial charge in [0.1, 0.15) is 11.6 Å². The van der Waals surface area contributed by atoms with Crippen LogP contribution in [0.1, 0.15) is 5.56 Å². The van der Waals surface area contributed by atoms with E-state index in [0.29, 0.717) is 27.5 Å². The molecule has 0 atom stereocenters. The number of para-hydroxylation sites is 1. The van der Waals surface area contributed by atoms with Crippen LogP contribution in [0.25, 0.3) is 0 Å². The Balaban J connectivity index is 2.13. The molecule has 19 heavy (non-hydrogen) atoms. The molecule has 2 aromatic rings. The van der Waals surface area contributed by atoms with Crippen LogP contribution < -0.4 is 10.1 Å². The normalized spacial score (nSPS) is 10.3. The first-order chi connectivity index (χ1) is 9.11. The minimum Gasteiger partial charge on any atom is -0.495 e. The Morgan fingerprint density at radius 1 is 1.32 bits per heavy atom. The van der Waals surface area contributed by atoms with Gasteiger partial charge in [-0.3, -0.25) is 0 Å². The lowest BCUT2D eigenvalue weighted by Crippen LogP contribution is -2.02. The number of rotatable bonds is 4. The van der Waals surface area contributed by atoms with Crippen molar-refractivity contribution < 1.29 is 9.13 Å². The molecule has 0 spiro atoms. The van der Waals surface area contributed by atoms with Crippen molar-refractivity contribution in [3.05, 3.63) is 57.3 Å². The largest absolute Gasteiger partial charge is 0.495 e. The smallest absolute Gasteiger partial charge is 0.147 e. The highest BCUT2D eigenvalue weighted by Crippen LogP contribution is 2.28. The maximum Gasteiger partial charge on any atom is 0.147 e. The van der Waals surface area contributed by atoms with Crippen molar-refractivity contribution in [2.75, 3.05) is 12.4 Å². The molecule has 2 nitrogen and oxygen atoms in total. The second-order valence-electron chi connectivity index (χ2n) is 3.92. The highest BCUT2D eigenvalue weighted by atomic mass is 79.9. The molecule has 0 aliphatic heterocycles. The van der Waals surface area contributed by atoms with Crippen LogP contribution in [0.5, 0.6) is 5.75 Å². The van der Waals surface area contributed by atoms with E-state index in [-0.39, 0.29) is 5.82 Å². The molecule has 0 heterocycles. The van der Waals surface area contributed by atoms with E-state index in [0.717, 1.165) is 5.56 Å². The summed E-state index contributed by atoms with van der Waals surface area (Å²) in [6.45, 7) is 0.475. The predicted molar refractivity (Wildman–Crippen MR) is 79.4 cm³/mol. The summed E-state index contributed by atoms with van der Waals surface area (Å²) in [6.07, 6.45) is 0. The molecule has 0 aliphatic rings. The van der Waals surface area contributed by atoms with Gasteiger partial charge in [0, 0.05) is 11.0 Å². The van der Waals surface area contributed by atoms with Crippen molar-refractivity contribution >= 4 is 33.2 Å². The number of anilines is 1. The van der Waals surface area contributed by atoms with Gasteiger partial charge in [-0.2, -0.15) is 0 Å². The van der Waals surface area contributed by atoms with E-state index in [9.17, 15) is 4.39 Å².